The highest BCUT2D eigenvalue weighted by molar-refractivity contribution is 7.99. The minimum Gasteiger partial charge on any atom is -0.493 e. The van der Waals surface area contributed by atoms with Crippen LogP contribution in [-0.2, 0) is 4.79 Å². The number of benzene rings is 1. The molecule has 0 aliphatic rings. The van der Waals surface area contributed by atoms with Crippen molar-refractivity contribution in [2.24, 2.45) is 0 Å². The predicted molar refractivity (Wildman–Crippen MR) is 109 cm³/mol. The fourth-order valence-electron chi connectivity index (χ4n) is 2.55. The SMILES string of the molecule is COc1cc(NC(=O)CSc2nnc(-c3cccnc3)n2N)cc(OC)c1OC. The maximum Gasteiger partial charge on any atom is 0.234 e. The van der Waals surface area contributed by atoms with Crippen LogP contribution in [0.15, 0.2) is 41.8 Å². The van der Waals surface area contributed by atoms with E-state index in [0.29, 0.717) is 33.9 Å². The van der Waals surface area contributed by atoms with Gasteiger partial charge in [0.25, 0.3) is 0 Å². The van der Waals surface area contributed by atoms with Gasteiger partial charge in [0.2, 0.25) is 16.8 Å². The summed E-state index contributed by atoms with van der Waals surface area (Å²) in [5.74, 6) is 7.67. The van der Waals surface area contributed by atoms with Crippen molar-refractivity contribution in [1.82, 2.24) is 19.9 Å². The number of pyridine rings is 1. The third-order valence-corrected chi connectivity index (χ3v) is 4.81. The lowest BCUT2D eigenvalue weighted by Gasteiger charge is -2.14. The zero-order chi connectivity index (χ0) is 20.8. The molecule has 0 atom stereocenters. The predicted octanol–water partition coefficient (Wildman–Crippen LogP) is 1.81. The topological polar surface area (TPSA) is 126 Å². The van der Waals surface area contributed by atoms with Gasteiger partial charge in [0.1, 0.15) is 0 Å². The first-order valence-corrected chi connectivity index (χ1v) is 9.39. The van der Waals surface area contributed by atoms with E-state index in [1.54, 1.807) is 30.6 Å². The highest BCUT2D eigenvalue weighted by atomic mass is 32.2. The lowest BCUT2D eigenvalue weighted by molar-refractivity contribution is -0.113. The first kappa shape index (κ1) is 20.3. The third-order valence-electron chi connectivity index (χ3n) is 3.87. The van der Waals surface area contributed by atoms with Crippen molar-refractivity contribution < 1.29 is 19.0 Å². The standard InChI is InChI=1S/C18H20N6O4S/c1-26-13-7-12(8-14(27-2)16(13)28-3)21-15(25)10-29-18-23-22-17(24(18)19)11-5-4-6-20-9-11/h4-9H,10,19H2,1-3H3,(H,21,25). The number of rotatable bonds is 8. The van der Waals surface area contributed by atoms with Gasteiger partial charge < -0.3 is 25.4 Å². The number of thioether (sulfide) groups is 1. The molecular weight excluding hydrogens is 396 g/mol. The summed E-state index contributed by atoms with van der Waals surface area (Å²) in [7, 11) is 4.53. The zero-order valence-electron chi connectivity index (χ0n) is 16.1. The molecule has 29 heavy (non-hydrogen) atoms. The van der Waals surface area contributed by atoms with Crippen molar-refractivity contribution in [3.63, 3.8) is 0 Å². The van der Waals surface area contributed by atoms with E-state index in [2.05, 4.69) is 20.5 Å². The Balaban J connectivity index is 1.67. The number of anilines is 1. The molecule has 0 fully saturated rings. The van der Waals surface area contributed by atoms with E-state index in [1.165, 1.54) is 26.0 Å². The number of nitrogens with two attached hydrogens (primary N) is 1. The second kappa shape index (κ2) is 9.15. The van der Waals surface area contributed by atoms with Crippen LogP contribution in [0.5, 0.6) is 17.2 Å². The lowest BCUT2D eigenvalue weighted by Crippen LogP contribution is -2.16. The van der Waals surface area contributed by atoms with Crippen LogP contribution in [0.1, 0.15) is 0 Å². The fraction of sp³-hybridized carbons (Fsp3) is 0.222. The molecule has 1 aromatic carbocycles. The van der Waals surface area contributed by atoms with E-state index in [4.69, 9.17) is 20.1 Å². The molecule has 0 aliphatic heterocycles. The molecule has 11 heteroatoms. The maximum absolute atomic E-state index is 12.4. The van der Waals surface area contributed by atoms with Gasteiger partial charge in [-0.2, -0.15) is 0 Å². The fourth-order valence-corrected chi connectivity index (χ4v) is 3.20. The molecule has 0 aliphatic carbocycles. The van der Waals surface area contributed by atoms with Crippen LogP contribution < -0.4 is 25.4 Å². The molecule has 3 aromatic rings. The molecule has 0 bridgehead atoms. The van der Waals surface area contributed by atoms with Crippen LogP contribution in [0, 0.1) is 0 Å². The number of nitrogens with zero attached hydrogens (tertiary/aromatic N) is 4. The summed E-state index contributed by atoms with van der Waals surface area (Å²) < 4.78 is 17.2. The van der Waals surface area contributed by atoms with Gasteiger partial charge in [-0.25, -0.2) is 4.68 Å². The number of methoxy groups -OCH3 is 3. The van der Waals surface area contributed by atoms with Crippen LogP contribution in [0.25, 0.3) is 11.4 Å². The smallest absolute Gasteiger partial charge is 0.234 e. The summed E-state index contributed by atoms with van der Waals surface area (Å²) >= 11 is 1.16. The molecular formula is C18H20N6O4S. The summed E-state index contributed by atoms with van der Waals surface area (Å²) in [6.07, 6.45) is 3.29. The number of ether oxygens (including phenoxy) is 3. The largest absolute Gasteiger partial charge is 0.493 e. The van der Waals surface area contributed by atoms with Crippen molar-refractivity contribution in [3.8, 4) is 28.6 Å². The van der Waals surface area contributed by atoms with Crippen molar-refractivity contribution in [1.29, 1.82) is 0 Å². The van der Waals surface area contributed by atoms with E-state index in [9.17, 15) is 4.79 Å². The average molecular weight is 416 g/mol. The minimum atomic E-state index is -0.254. The number of amides is 1. The molecule has 2 heterocycles. The summed E-state index contributed by atoms with van der Waals surface area (Å²) in [6, 6.07) is 6.90. The second-order valence-corrected chi connectivity index (χ2v) is 6.61. The molecule has 3 rings (SSSR count). The lowest BCUT2D eigenvalue weighted by atomic mass is 10.2. The molecule has 0 radical (unpaired) electrons. The molecule has 0 saturated heterocycles. The Bertz CT molecular complexity index is 970. The number of carbonyl (C=O) groups excluding carboxylic acids is 1. The number of hydrogen-bond donors (Lipinski definition) is 2. The van der Waals surface area contributed by atoms with Crippen molar-refractivity contribution >= 4 is 23.4 Å². The highest BCUT2D eigenvalue weighted by Crippen LogP contribution is 2.40. The number of aromatic nitrogens is 4. The van der Waals surface area contributed by atoms with Gasteiger partial charge in [-0.05, 0) is 12.1 Å². The maximum atomic E-state index is 12.4. The molecule has 2 aromatic heterocycles. The van der Waals surface area contributed by atoms with Crippen molar-refractivity contribution in [2.45, 2.75) is 5.16 Å². The van der Waals surface area contributed by atoms with Gasteiger partial charge in [0, 0.05) is 35.8 Å². The van der Waals surface area contributed by atoms with Crippen molar-refractivity contribution in [3.05, 3.63) is 36.7 Å². The van der Waals surface area contributed by atoms with Gasteiger partial charge in [0.05, 0.1) is 27.1 Å². The molecule has 0 saturated carbocycles. The average Bonchev–Trinajstić information content (AvgIpc) is 3.12. The Morgan fingerprint density at radius 1 is 1.17 bits per heavy atom. The Labute approximate surface area is 171 Å². The highest BCUT2D eigenvalue weighted by Gasteiger charge is 2.16. The van der Waals surface area contributed by atoms with Crippen molar-refractivity contribution in [2.75, 3.05) is 38.2 Å². The molecule has 10 nitrogen and oxygen atoms in total. The van der Waals surface area contributed by atoms with Crippen LogP contribution >= 0.6 is 11.8 Å². The van der Waals surface area contributed by atoms with E-state index in [0.717, 1.165) is 17.3 Å². The molecule has 1 amide bonds. The number of nitrogen functional groups attached to an aromatic ring is 1. The second-order valence-electron chi connectivity index (χ2n) is 5.67. The van der Waals surface area contributed by atoms with Crippen LogP contribution in [-0.4, -0.2) is 52.8 Å². The molecule has 3 N–H and O–H groups in total. The number of hydrogen-bond acceptors (Lipinski definition) is 9. The van der Waals surface area contributed by atoms with Gasteiger partial charge in [0.15, 0.2) is 17.3 Å². The third kappa shape index (κ3) is 4.51. The first-order valence-electron chi connectivity index (χ1n) is 8.41. The van der Waals surface area contributed by atoms with Gasteiger partial charge >= 0.3 is 0 Å². The molecule has 0 spiro atoms. The van der Waals surface area contributed by atoms with Crippen LogP contribution in [0.4, 0.5) is 5.69 Å². The Morgan fingerprint density at radius 3 is 2.48 bits per heavy atom. The van der Waals surface area contributed by atoms with Gasteiger partial charge in [-0.3, -0.25) is 9.78 Å². The first-order chi connectivity index (χ1) is 14.1. The number of nitrogens with one attached hydrogen (secondary N) is 1. The Kier molecular flexibility index (Phi) is 6.39. The Hall–Kier alpha value is -3.47. The van der Waals surface area contributed by atoms with Crippen LogP contribution in [0.2, 0.25) is 0 Å². The summed E-state index contributed by atoms with van der Waals surface area (Å²) in [4.78, 5) is 16.4. The summed E-state index contributed by atoms with van der Waals surface area (Å²) in [5, 5.41) is 11.3. The Morgan fingerprint density at radius 2 is 1.90 bits per heavy atom. The monoisotopic (exact) mass is 416 g/mol. The van der Waals surface area contributed by atoms with E-state index in [1.807, 2.05) is 6.07 Å². The van der Waals surface area contributed by atoms with E-state index < -0.39 is 0 Å². The molecule has 152 valence electrons. The zero-order valence-corrected chi connectivity index (χ0v) is 16.9. The van der Waals surface area contributed by atoms with Gasteiger partial charge in [-0.15, -0.1) is 10.2 Å². The van der Waals surface area contributed by atoms with Gasteiger partial charge in [-0.1, -0.05) is 11.8 Å². The number of carbonyl (C=O) groups is 1. The summed E-state index contributed by atoms with van der Waals surface area (Å²) in [6.45, 7) is 0. The minimum absolute atomic E-state index is 0.0824. The molecule has 0 unspecified atom stereocenters. The van der Waals surface area contributed by atoms with E-state index >= 15 is 0 Å². The quantitative estimate of drug-likeness (QED) is 0.417. The van der Waals surface area contributed by atoms with E-state index in [-0.39, 0.29) is 11.7 Å². The van der Waals surface area contributed by atoms with Crippen LogP contribution in [0.3, 0.4) is 0 Å². The summed E-state index contributed by atoms with van der Waals surface area (Å²) in [5.41, 5.74) is 1.24. The normalized spacial score (nSPS) is 10.4.